The van der Waals surface area contributed by atoms with E-state index in [1.807, 2.05) is 12.1 Å². The van der Waals surface area contributed by atoms with Crippen molar-refractivity contribution in [2.75, 3.05) is 0 Å². The van der Waals surface area contributed by atoms with E-state index in [9.17, 15) is 0 Å². The second kappa shape index (κ2) is 3.15. The summed E-state index contributed by atoms with van der Waals surface area (Å²) in [5.41, 5.74) is 8.11. The SMILES string of the molecule is CC1CC1c1ccc(CN=[N+]=[N-])o1. The summed E-state index contributed by atoms with van der Waals surface area (Å²) in [6, 6.07) is 3.87. The molecule has 0 bridgehead atoms. The average Bonchev–Trinajstić information content (AvgIpc) is 2.67. The second-order valence-corrected chi connectivity index (χ2v) is 3.51. The summed E-state index contributed by atoms with van der Waals surface area (Å²) in [5.74, 6) is 3.14. The topological polar surface area (TPSA) is 61.9 Å². The Labute approximate surface area is 76.2 Å². The molecule has 0 amide bonds. The first kappa shape index (κ1) is 8.20. The molecule has 0 aromatic carbocycles. The first-order chi connectivity index (χ1) is 6.31. The summed E-state index contributed by atoms with van der Waals surface area (Å²) in [4.78, 5) is 2.68. The van der Waals surface area contributed by atoms with E-state index >= 15 is 0 Å². The number of hydrogen-bond acceptors (Lipinski definition) is 2. The van der Waals surface area contributed by atoms with Crippen LogP contribution in [0.25, 0.3) is 10.4 Å². The molecule has 1 aromatic rings. The third kappa shape index (κ3) is 1.68. The molecule has 2 atom stereocenters. The fourth-order valence-electron chi connectivity index (χ4n) is 1.50. The molecule has 0 N–H and O–H groups in total. The van der Waals surface area contributed by atoms with Gasteiger partial charge in [-0.3, -0.25) is 0 Å². The molecule has 1 fully saturated rings. The largest absolute Gasteiger partial charge is 0.466 e. The first-order valence-corrected chi connectivity index (χ1v) is 4.40. The van der Waals surface area contributed by atoms with E-state index < -0.39 is 0 Å². The molecule has 2 rings (SSSR count). The van der Waals surface area contributed by atoms with Crippen molar-refractivity contribution < 1.29 is 4.42 Å². The highest BCUT2D eigenvalue weighted by molar-refractivity contribution is 5.17. The number of rotatable bonds is 3. The Bertz CT molecular complexity index is 351. The van der Waals surface area contributed by atoms with Gasteiger partial charge < -0.3 is 4.42 Å². The van der Waals surface area contributed by atoms with Crippen LogP contribution in [0.3, 0.4) is 0 Å². The van der Waals surface area contributed by atoms with Crippen molar-refractivity contribution in [3.05, 3.63) is 34.1 Å². The van der Waals surface area contributed by atoms with E-state index in [4.69, 9.17) is 9.95 Å². The molecule has 0 radical (unpaired) electrons. The number of hydrogen-bond donors (Lipinski definition) is 0. The summed E-state index contributed by atoms with van der Waals surface area (Å²) in [7, 11) is 0. The average molecular weight is 177 g/mol. The van der Waals surface area contributed by atoms with E-state index in [0.717, 1.165) is 17.4 Å². The molecular formula is C9H11N3O. The van der Waals surface area contributed by atoms with E-state index in [1.54, 1.807) is 0 Å². The predicted molar refractivity (Wildman–Crippen MR) is 48.1 cm³/mol. The molecule has 1 saturated carbocycles. The van der Waals surface area contributed by atoms with Gasteiger partial charge in [0.15, 0.2) is 0 Å². The van der Waals surface area contributed by atoms with Crippen LogP contribution >= 0.6 is 0 Å². The lowest BCUT2D eigenvalue weighted by molar-refractivity contribution is 0.463. The van der Waals surface area contributed by atoms with Gasteiger partial charge in [0.25, 0.3) is 0 Å². The minimum absolute atomic E-state index is 0.317. The molecule has 4 nitrogen and oxygen atoms in total. The van der Waals surface area contributed by atoms with Crippen LogP contribution in [0.2, 0.25) is 0 Å². The van der Waals surface area contributed by atoms with Crippen molar-refractivity contribution in [3.8, 4) is 0 Å². The second-order valence-electron chi connectivity index (χ2n) is 3.51. The quantitative estimate of drug-likeness (QED) is 0.397. The van der Waals surface area contributed by atoms with Gasteiger partial charge in [0, 0.05) is 10.8 Å². The van der Waals surface area contributed by atoms with Gasteiger partial charge in [0.2, 0.25) is 0 Å². The zero-order valence-electron chi connectivity index (χ0n) is 7.47. The molecule has 1 heterocycles. The van der Waals surface area contributed by atoms with Gasteiger partial charge in [-0.25, -0.2) is 0 Å². The van der Waals surface area contributed by atoms with Crippen molar-refractivity contribution in [3.63, 3.8) is 0 Å². The summed E-state index contributed by atoms with van der Waals surface area (Å²) < 4.78 is 5.52. The third-order valence-electron chi connectivity index (χ3n) is 2.45. The van der Waals surface area contributed by atoms with E-state index in [1.165, 1.54) is 6.42 Å². The molecular weight excluding hydrogens is 166 g/mol. The van der Waals surface area contributed by atoms with Gasteiger partial charge in [-0.2, -0.15) is 0 Å². The highest BCUT2D eigenvalue weighted by Gasteiger charge is 2.36. The van der Waals surface area contributed by atoms with Crippen LogP contribution in [0.1, 0.15) is 30.8 Å². The first-order valence-electron chi connectivity index (χ1n) is 4.40. The van der Waals surface area contributed by atoms with Crippen molar-refractivity contribution in [1.29, 1.82) is 0 Å². The van der Waals surface area contributed by atoms with Crippen LogP contribution in [0.4, 0.5) is 0 Å². The molecule has 13 heavy (non-hydrogen) atoms. The molecule has 4 heteroatoms. The maximum Gasteiger partial charge on any atom is 0.110 e. The van der Waals surface area contributed by atoms with Gasteiger partial charge in [-0.05, 0) is 30.0 Å². The Hall–Kier alpha value is -1.41. The number of furan rings is 1. The maximum absolute atomic E-state index is 8.11. The van der Waals surface area contributed by atoms with Gasteiger partial charge in [0.05, 0.1) is 6.54 Å². The standard InChI is InChI=1S/C9H11N3O/c1-6-4-8(6)9-3-2-7(13-9)5-11-12-10/h2-3,6,8H,4-5H2,1H3. The minimum Gasteiger partial charge on any atom is -0.466 e. The molecule has 68 valence electrons. The van der Waals surface area contributed by atoms with Crippen LogP contribution < -0.4 is 0 Å². The fourth-order valence-corrected chi connectivity index (χ4v) is 1.50. The van der Waals surface area contributed by atoms with Crippen molar-refractivity contribution >= 4 is 0 Å². The lowest BCUT2D eigenvalue weighted by Crippen LogP contribution is -1.75. The molecule has 1 aromatic heterocycles. The molecule has 0 saturated heterocycles. The lowest BCUT2D eigenvalue weighted by Gasteiger charge is -1.90. The zero-order chi connectivity index (χ0) is 9.26. The van der Waals surface area contributed by atoms with Crippen LogP contribution in [0.5, 0.6) is 0 Å². The number of nitrogens with zero attached hydrogens (tertiary/aromatic N) is 3. The Morgan fingerprint density at radius 1 is 1.69 bits per heavy atom. The van der Waals surface area contributed by atoms with E-state index in [-0.39, 0.29) is 0 Å². The van der Waals surface area contributed by atoms with Crippen molar-refractivity contribution in [1.82, 2.24) is 0 Å². The predicted octanol–water partition coefficient (Wildman–Crippen LogP) is 3.21. The number of azide groups is 1. The molecule has 1 aliphatic carbocycles. The Kier molecular flexibility index (Phi) is 1.99. The summed E-state index contributed by atoms with van der Waals surface area (Å²) in [6.07, 6.45) is 1.22. The minimum atomic E-state index is 0.317. The van der Waals surface area contributed by atoms with Gasteiger partial charge in [0.1, 0.15) is 11.5 Å². The molecule has 2 unspecified atom stereocenters. The van der Waals surface area contributed by atoms with Crippen LogP contribution in [0.15, 0.2) is 21.7 Å². The van der Waals surface area contributed by atoms with Crippen LogP contribution in [0, 0.1) is 5.92 Å². The molecule has 0 spiro atoms. The smallest absolute Gasteiger partial charge is 0.110 e. The van der Waals surface area contributed by atoms with Crippen molar-refractivity contribution in [2.45, 2.75) is 25.8 Å². The van der Waals surface area contributed by atoms with E-state index in [0.29, 0.717) is 12.5 Å². The summed E-state index contributed by atoms with van der Waals surface area (Å²) >= 11 is 0. The van der Waals surface area contributed by atoms with Crippen LogP contribution in [-0.4, -0.2) is 0 Å². The van der Waals surface area contributed by atoms with Crippen LogP contribution in [-0.2, 0) is 6.54 Å². The molecule has 0 aliphatic heterocycles. The van der Waals surface area contributed by atoms with Crippen molar-refractivity contribution in [2.24, 2.45) is 11.0 Å². The fraction of sp³-hybridized carbons (Fsp3) is 0.556. The molecule has 1 aliphatic rings. The monoisotopic (exact) mass is 177 g/mol. The van der Waals surface area contributed by atoms with Gasteiger partial charge in [-0.1, -0.05) is 12.0 Å². The third-order valence-corrected chi connectivity index (χ3v) is 2.45. The summed E-state index contributed by atoms with van der Waals surface area (Å²) in [6.45, 7) is 2.53. The normalized spacial score (nSPS) is 25.3. The van der Waals surface area contributed by atoms with Gasteiger partial charge in [-0.15, -0.1) is 0 Å². The Morgan fingerprint density at radius 3 is 3.08 bits per heavy atom. The maximum atomic E-state index is 8.11. The zero-order valence-corrected chi connectivity index (χ0v) is 7.47. The van der Waals surface area contributed by atoms with Gasteiger partial charge >= 0.3 is 0 Å². The van der Waals surface area contributed by atoms with E-state index in [2.05, 4.69) is 16.9 Å². The highest BCUT2D eigenvalue weighted by atomic mass is 16.3. The summed E-state index contributed by atoms with van der Waals surface area (Å²) in [5, 5.41) is 3.44. The Morgan fingerprint density at radius 2 is 2.46 bits per heavy atom. The lowest BCUT2D eigenvalue weighted by atomic mass is 10.3. The Balaban J connectivity index is 2.05. The highest BCUT2D eigenvalue weighted by Crippen LogP contribution is 2.47.